The summed E-state index contributed by atoms with van der Waals surface area (Å²) in [6, 6.07) is 4.44. The molecule has 0 saturated heterocycles. The normalized spacial score (nSPS) is 20.7. The molecular formula is C14H21ClN2. The van der Waals surface area contributed by atoms with E-state index in [4.69, 9.17) is 17.3 Å². The first-order chi connectivity index (χ1) is 7.86. The Morgan fingerprint density at radius 2 is 2.06 bits per heavy atom. The van der Waals surface area contributed by atoms with Crippen LogP contribution in [-0.4, -0.2) is 17.0 Å². The first-order valence-electron chi connectivity index (χ1n) is 6.11. The predicted octanol–water partition coefficient (Wildman–Crippen LogP) is 3.26. The second-order valence-corrected chi connectivity index (χ2v) is 6.20. The summed E-state index contributed by atoms with van der Waals surface area (Å²) in [7, 11) is 0. The van der Waals surface area contributed by atoms with Gasteiger partial charge in [0.2, 0.25) is 0 Å². The van der Waals surface area contributed by atoms with Gasteiger partial charge in [-0.3, -0.25) is 4.90 Å². The lowest BCUT2D eigenvalue weighted by molar-refractivity contribution is 0.0948. The predicted molar refractivity (Wildman–Crippen MR) is 73.3 cm³/mol. The molecule has 0 saturated carbocycles. The van der Waals surface area contributed by atoms with E-state index >= 15 is 0 Å². The number of nitrogens with two attached hydrogens (primary N) is 1. The van der Waals surface area contributed by atoms with Gasteiger partial charge in [0.25, 0.3) is 0 Å². The molecule has 1 heterocycles. The average Bonchev–Trinajstić information content (AvgIpc) is 2.62. The van der Waals surface area contributed by atoms with Crippen LogP contribution in [0.5, 0.6) is 0 Å². The lowest BCUT2D eigenvalue weighted by Gasteiger charge is -2.36. The highest BCUT2D eigenvalue weighted by Gasteiger charge is 2.36. The van der Waals surface area contributed by atoms with Gasteiger partial charge in [-0.2, -0.15) is 0 Å². The Morgan fingerprint density at radius 3 is 2.59 bits per heavy atom. The molecule has 1 aliphatic rings. The molecular weight excluding hydrogens is 232 g/mol. The van der Waals surface area contributed by atoms with Gasteiger partial charge in [0.1, 0.15) is 0 Å². The highest BCUT2D eigenvalue weighted by Crippen LogP contribution is 2.40. The fraction of sp³-hybridized carbons (Fsp3) is 0.571. The van der Waals surface area contributed by atoms with Crippen molar-refractivity contribution in [2.45, 2.75) is 45.8 Å². The summed E-state index contributed by atoms with van der Waals surface area (Å²) >= 11 is 6.20. The van der Waals surface area contributed by atoms with E-state index in [1.165, 1.54) is 16.7 Å². The van der Waals surface area contributed by atoms with Gasteiger partial charge in [0, 0.05) is 29.7 Å². The molecule has 0 bridgehead atoms. The van der Waals surface area contributed by atoms with E-state index in [2.05, 4.69) is 38.7 Å². The quantitative estimate of drug-likeness (QED) is 0.831. The summed E-state index contributed by atoms with van der Waals surface area (Å²) < 4.78 is 0. The molecule has 0 fully saturated rings. The van der Waals surface area contributed by atoms with Gasteiger partial charge in [0.15, 0.2) is 0 Å². The number of rotatable bonds is 1. The molecule has 0 spiro atoms. The summed E-state index contributed by atoms with van der Waals surface area (Å²) in [5, 5.41) is 0.857. The summed E-state index contributed by atoms with van der Waals surface area (Å²) in [6.45, 7) is 10.4. The van der Waals surface area contributed by atoms with Gasteiger partial charge in [-0.25, -0.2) is 0 Å². The molecule has 3 heteroatoms. The number of hydrogen-bond acceptors (Lipinski definition) is 2. The zero-order chi connectivity index (χ0) is 12.8. The molecule has 1 atom stereocenters. The molecule has 2 N–H and O–H groups in total. The van der Waals surface area contributed by atoms with Crippen molar-refractivity contribution < 1.29 is 0 Å². The van der Waals surface area contributed by atoms with Crippen molar-refractivity contribution >= 4 is 11.6 Å². The molecule has 0 aromatic heterocycles. The number of halogens is 1. The van der Waals surface area contributed by atoms with Crippen LogP contribution < -0.4 is 5.73 Å². The van der Waals surface area contributed by atoms with Crippen molar-refractivity contribution in [3.8, 4) is 0 Å². The fourth-order valence-electron chi connectivity index (χ4n) is 2.68. The van der Waals surface area contributed by atoms with Crippen molar-refractivity contribution in [3.05, 3.63) is 33.8 Å². The van der Waals surface area contributed by atoms with Gasteiger partial charge >= 0.3 is 0 Å². The minimum Gasteiger partial charge on any atom is -0.329 e. The Labute approximate surface area is 109 Å². The number of fused-ring (bicyclic) bond motifs is 1. The summed E-state index contributed by atoms with van der Waals surface area (Å²) in [6.07, 6.45) is 0. The molecule has 2 rings (SSSR count). The third kappa shape index (κ3) is 2.10. The van der Waals surface area contributed by atoms with E-state index in [0.29, 0.717) is 12.6 Å². The molecule has 2 nitrogen and oxygen atoms in total. The van der Waals surface area contributed by atoms with Crippen LogP contribution in [0.1, 0.15) is 43.5 Å². The van der Waals surface area contributed by atoms with E-state index in [-0.39, 0.29) is 5.54 Å². The maximum absolute atomic E-state index is 6.20. The van der Waals surface area contributed by atoms with Gasteiger partial charge in [0.05, 0.1) is 0 Å². The standard InChI is InChI=1S/C14H21ClN2/c1-9-11-8-17(14(2,3)4)13(7-16)10(11)5-6-12(9)15/h5-6,13H,7-8,16H2,1-4H3. The number of hydrogen-bond donors (Lipinski definition) is 1. The largest absolute Gasteiger partial charge is 0.329 e. The fourth-order valence-corrected chi connectivity index (χ4v) is 2.86. The van der Waals surface area contributed by atoms with Crippen molar-refractivity contribution in [1.82, 2.24) is 4.90 Å². The summed E-state index contributed by atoms with van der Waals surface area (Å²) in [5.41, 5.74) is 9.99. The first kappa shape index (κ1) is 12.9. The zero-order valence-corrected chi connectivity index (χ0v) is 11.8. The third-order valence-corrected chi connectivity index (χ3v) is 4.13. The van der Waals surface area contributed by atoms with Crippen LogP contribution in [-0.2, 0) is 6.54 Å². The molecule has 1 aromatic rings. The smallest absolute Gasteiger partial charge is 0.0482 e. The van der Waals surface area contributed by atoms with Crippen LogP contribution in [0, 0.1) is 6.92 Å². The Hall–Kier alpha value is -0.570. The minimum absolute atomic E-state index is 0.127. The molecule has 0 aliphatic carbocycles. The zero-order valence-electron chi connectivity index (χ0n) is 11.0. The minimum atomic E-state index is 0.127. The average molecular weight is 253 g/mol. The van der Waals surface area contributed by atoms with Crippen molar-refractivity contribution in [2.24, 2.45) is 5.73 Å². The van der Waals surface area contributed by atoms with E-state index in [1.54, 1.807) is 0 Å². The number of benzene rings is 1. The Balaban J connectivity index is 2.48. The molecule has 0 radical (unpaired) electrons. The summed E-state index contributed by atoms with van der Waals surface area (Å²) in [5.74, 6) is 0. The van der Waals surface area contributed by atoms with Crippen LogP contribution in [0.2, 0.25) is 5.02 Å². The van der Waals surface area contributed by atoms with Crippen LogP contribution >= 0.6 is 11.6 Å². The van der Waals surface area contributed by atoms with Crippen LogP contribution in [0.3, 0.4) is 0 Å². The van der Waals surface area contributed by atoms with Gasteiger partial charge < -0.3 is 5.73 Å². The lowest BCUT2D eigenvalue weighted by atomic mass is 10.00. The topological polar surface area (TPSA) is 29.3 Å². The van der Waals surface area contributed by atoms with E-state index < -0.39 is 0 Å². The molecule has 94 valence electrons. The molecule has 1 unspecified atom stereocenters. The lowest BCUT2D eigenvalue weighted by Crippen LogP contribution is -2.42. The van der Waals surface area contributed by atoms with Crippen LogP contribution in [0.25, 0.3) is 0 Å². The second-order valence-electron chi connectivity index (χ2n) is 5.79. The van der Waals surface area contributed by atoms with Crippen molar-refractivity contribution in [3.63, 3.8) is 0 Å². The first-order valence-corrected chi connectivity index (χ1v) is 6.48. The third-order valence-electron chi connectivity index (χ3n) is 3.72. The van der Waals surface area contributed by atoms with E-state index in [1.807, 2.05) is 6.07 Å². The molecule has 1 aromatic carbocycles. The Kier molecular flexibility index (Phi) is 3.23. The maximum Gasteiger partial charge on any atom is 0.0482 e. The van der Waals surface area contributed by atoms with Crippen LogP contribution in [0.4, 0.5) is 0 Å². The molecule has 0 amide bonds. The van der Waals surface area contributed by atoms with Crippen LogP contribution in [0.15, 0.2) is 12.1 Å². The Morgan fingerprint density at radius 1 is 1.41 bits per heavy atom. The highest BCUT2D eigenvalue weighted by molar-refractivity contribution is 6.31. The highest BCUT2D eigenvalue weighted by atomic mass is 35.5. The van der Waals surface area contributed by atoms with Gasteiger partial charge in [-0.05, 0) is 50.5 Å². The summed E-state index contributed by atoms with van der Waals surface area (Å²) in [4.78, 5) is 2.46. The monoisotopic (exact) mass is 252 g/mol. The number of nitrogens with zero attached hydrogens (tertiary/aromatic N) is 1. The second kappa shape index (κ2) is 4.27. The van der Waals surface area contributed by atoms with Crippen molar-refractivity contribution in [2.75, 3.05) is 6.54 Å². The van der Waals surface area contributed by atoms with Gasteiger partial charge in [-0.1, -0.05) is 17.7 Å². The molecule has 17 heavy (non-hydrogen) atoms. The van der Waals surface area contributed by atoms with E-state index in [9.17, 15) is 0 Å². The SMILES string of the molecule is Cc1c(Cl)ccc2c1CN(C(C)(C)C)C2CN. The van der Waals surface area contributed by atoms with Gasteiger partial charge in [-0.15, -0.1) is 0 Å². The van der Waals surface area contributed by atoms with Crippen molar-refractivity contribution in [1.29, 1.82) is 0 Å². The molecule has 1 aliphatic heterocycles. The maximum atomic E-state index is 6.20. The van der Waals surface area contributed by atoms with E-state index in [0.717, 1.165) is 11.6 Å². The Bertz CT molecular complexity index is 435.